The molecular formula is C13H17N3O3. The number of hydrazine groups is 1. The highest BCUT2D eigenvalue weighted by molar-refractivity contribution is 6.35. The van der Waals surface area contributed by atoms with Crippen LogP contribution in [-0.2, 0) is 9.59 Å². The zero-order chi connectivity index (χ0) is 14.5. The van der Waals surface area contributed by atoms with Gasteiger partial charge in [0.05, 0.1) is 0 Å². The molecule has 0 unspecified atom stereocenters. The largest absolute Gasteiger partial charge is 0.343 e. The average molecular weight is 263 g/mol. The minimum absolute atomic E-state index is 0.388. The molecule has 1 aromatic rings. The van der Waals surface area contributed by atoms with Crippen molar-refractivity contribution >= 4 is 17.7 Å². The molecule has 0 saturated carbocycles. The van der Waals surface area contributed by atoms with Crippen molar-refractivity contribution in [3.8, 4) is 0 Å². The van der Waals surface area contributed by atoms with Crippen molar-refractivity contribution in [1.29, 1.82) is 0 Å². The maximum atomic E-state index is 11.6. The fourth-order valence-corrected chi connectivity index (χ4v) is 1.23. The van der Waals surface area contributed by atoms with Gasteiger partial charge in [0.15, 0.2) is 0 Å². The summed E-state index contributed by atoms with van der Waals surface area (Å²) in [5.74, 6) is -2.21. The van der Waals surface area contributed by atoms with E-state index in [0.29, 0.717) is 5.56 Å². The van der Waals surface area contributed by atoms with Gasteiger partial charge in [0.1, 0.15) is 0 Å². The number of hydrogen-bond acceptors (Lipinski definition) is 3. The molecule has 1 rings (SSSR count). The van der Waals surface area contributed by atoms with Gasteiger partial charge in [-0.1, -0.05) is 18.2 Å². The molecule has 0 spiro atoms. The molecule has 3 N–H and O–H groups in total. The number of hydrogen-bond donors (Lipinski definition) is 3. The lowest BCUT2D eigenvalue weighted by molar-refractivity contribution is -0.140. The Bertz CT molecular complexity index is 478. The second-order valence-electron chi connectivity index (χ2n) is 4.98. The molecule has 0 atom stereocenters. The van der Waals surface area contributed by atoms with Crippen LogP contribution in [-0.4, -0.2) is 23.3 Å². The Labute approximate surface area is 111 Å². The number of amides is 3. The molecule has 6 nitrogen and oxygen atoms in total. The van der Waals surface area contributed by atoms with Gasteiger partial charge in [-0.25, -0.2) is 0 Å². The van der Waals surface area contributed by atoms with E-state index in [1.165, 1.54) is 0 Å². The summed E-state index contributed by atoms with van der Waals surface area (Å²) in [7, 11) is 0. The van der Waals surface area contributed by atoms with E-state index in [9.17, 15) is 14.4 Å². The van der Waals surface area contributed by atoms with Crippen LogP contribution in [0.15, 0.2) is 30.3 Å². The van der Waals surface area contributed by atoms with Gasteiger partial charge in [-0.3, -0.25) is 25.2 Å². The van der Waals surface area contributed by atoms with Crippen LogP contribution in [0.3, 0.4) is 0 Å². The SMILES string of the molecule is CC(C)(C)NC(=O)C(=O)NNC(=O)c1ccccc1. The summed E-state index contributed by atoms with van der Waals surface area (Å²) < 4.78 is 0. The molecule has 0 fully saturated rings. The molecule has 0 aromatic heterocycles. The maximum Gasteiger partial charge on any atom is 0.327 e. The second-order valence-corrected chi connectivity index (χ2v) is 4.98. The minimum Gasteiger partial charge on any atom is -0.343 e. The van der Waals surface area contributed by atoms with Crippen LogP contribution in [0.25, 0.3) is 0 Å². The number of carbonyl (C=O) groups is 3. The Hall–Kier alpha value is -2.37. The summed E-state index contributed by atoms with van der Waals surface area (Å²) in [6.07, 6.45) is 0. The fourth-order valence-electron chi connectivity index (χ4n) is 1.23. The highest BCUT2D eigenvalue weighted by atomic mass is 16.2. The van der Waals surface area contributed by atoms with Crippen LogP contribution in [0.1, 0.15) is 31.1 Å². The molecule has 0 aliphatic rings. The Morgan fingerprint density at radius 3 is 2.00 bits per heavy atom. The van der Waals surface area contributed by atoms with Crippen molar-refractivity contribution in [3.63, 3.8) is 0 Å². The van der Waals surface area contributed by atoms with E-state index in [1.54, 1.807) is 51.1 Å². The van der Waals surface area contributed by atoms with Crippen LogP contribution in [0.2, 0.25) is 0 Å². The summed E-state index contributed by atoms with van der Waals surface area (Å²) in [6, 6.07) is 8.35. The third-order valence-corrected chi connectivity index (χ3v) is 2.02. The van der Waals surface area contributed by atoms with Crippen LogP contribution in [0, 0.1) is 0 Å². The van der Waals surface area contributed by atoms with E-state index in [0.717, 1.165) is 0 Å². The summed E-state index contributed by atoms with van der Waals surface area (Å²) in [5, 5.41) is 2.48. The number of nitrogens with one attached hydrogen (secondary N) is 3. The molecule has 3 amide bonds. The summed E-state index contributed by atoms with van der Waals surface area (Å²) in [6.45, 7) is 5.25. The van der Waals surface area contributed by atoms with Crippen molar-refractivity contribution in [2.24, 2.45) is 0 Å². The molecule has 0 aliphatic carbocycles. The third-order valence-electron chi connectivity index (χ3n) is 2.02. The summed E-state index contributed by atoms with van der Waals surface area (Å²) >= 11 is 0. The third kappa shape index (κ3) is 5.20. The Kier molecular flexibility index (Phi) is 4.63. The van der Waals surface area contributed by atoms with Gasteiger partial charge in [-0.05, 0) is 32.9 Å². The average Bonchev–Trinajstić information content (AvgIpc) is 2.34. The lowest BCUT2D eigenvalue weighted by Crippen LogP contribution is -2.52. The van der Waals surface area contributed by atoms with E-state index < -0.39 is 23.3 Å². The smallest absolute Gasteiger partial charge is 0.327 e. The highest BCUT2D eigenvalue weighted by Gasteiger charge is 2.20. The van der Waals surface area contributed by atoms with Gasteiger partial charge < -0.3 is 5.32 Å². The topological polar surface area (TPSA) is 87.3 Å². The zero-order valence-corrected chi connectivity index (χ0v) is 11.1. The van der Waals surface area contributed by atoms with Gasteiger partial charge in [0.25, 0.3) is 5.91 Å². The van der Waals surface area contributed by atoms with Crippen LogP contribution in [0.4, 0.5) is 0 Å². The van der Waals surface area contributed by atoms with Crippen molar-refractivity contribution < 1.29 is 14.4 Å². The van der Waals surface area contributed by atoms with Crippen molar-refractivity contribution in [2.45, 2.75) is 26.3 Å². The lowest BCUT2D eigenvalue weighted by atomic mass is 10.1. The predicted octanol–water partition coefficient (Wildman–Crippen LogP) is 0.362. The molecule has 0 bridgehead atoms. The fraction of sp³-hybridized carbons (Fsp3) is 0.308. The molecule has 0 aliphatic heterocycles. The zero-order valence-electron chi connectivity index (χ0n) is 11.1. The Balaban J connectivity index is 2.47. The molecule has 102 valence electrons. The van der Waals surface area contributed by atoms with E-state index in [-0.39, 0.29) is 0 Å². The van der Waals surface area contributed by atoms with Gasteiger partial charge in [-0.15, -0.1) is 0 Å². The monoisotopic (exact) mass is 263 g/mol. The lowest BCUT2D eigenvalue weighted by Gasteiger charge is -2.19. The summed E-state index contributed by atoms with van der Waals surface area (Å²) in [5.41, 5.74) is 4.09. The van der Waals surface area contributed by atoms with Crippen LogP contribution in [0.5, 0.6) is 0 Å². The first-order valence-corrected chi connectivity index (χ1v) is 5.77. The second kappa shape index (κ2) is 5.99. The molecule has 6 heteroatoms. The van der Waals surface area contributed by atoms with Gasteiger partial charge in [-0.2, -0.15) is 0 Å². The van der Waals surface area contributed by atoms with Crippen molar-refractivity contribution in [1.82, 2.24) is 16.2 Å². The van der Waals surface area contributed by atoms with Gasteiger partial charge in [0, 0.05) is 11.1 Å². The molecule has 0 heterocycles. The van der Waals surface area contributed by atoms with Gasteiger partial charge in [0.2, 0.25) is 0 Å². The van der Waals surface area contributed by atoms with Crippen LogP contribution >= 0.6 is 0 Å². The van der Waals surface area contributed by atoms with Crippen molar-refractivity contribution in [3.05, 3.63) is 35.9 Å². The first kappa shape index (κ1) is 14.7. The van der Waals surface area contributed by atoms with E-state index in [4.69, 9.17) is 0 Å². The normalized spacial score (nSPS) is 10.5. The molecule has 0 saturated heterocycles. The summed E-state index contributed by atoms with van der Waals surface area (Å²) in [4.78, 5) is 34.5. The van der Waals surface area contributed by atoms with Gasteiger partial charge >= 0.3 is 11.8 Å². The molecular weight excluding hydrogens is 246 g/mol. The van der Waals surface area contributed by atoms with Crippen LogP contribution < -0.4 is 16.2 Å². The number of carbonyl (C=O) groups excluding carboxylic acids is 3. The van der Waals surface area contributed by atoms with E-state index in [2.05, 4.69) is 16.2 Å². The maximum absolute atomic E-state index is 11.6. The highest BCUT2D eigenvalue weighted by Crippen LogP contribution is 1.98. The standard InChI is InChI=1S/C13H17N3O3/c1-13(2,3)14-11(18)12(19)16-15-10(17)9-7-5-4-6-8-9/h4-8H,1-3H3,(H,14,18)(H,15,17)(H,16,19). The van der Waals surface area contributed by atoms with E-state index >= 15 is 0 Å². The Morgan fingerprint density at radius 1 is 0.895 bits per heavy atom. The Morgan fingerprint density at radius 2 is 1.47 bits per heavy atom. The molecule has 1 aromatic carbocycles. The van der Waals surface area contributed by atoms with E-state index in [1.807, 2.05) is 0 Å². The molecule has 0 radical (unpaired) electrons. The first-order chi connectivity index (χ1) is 8.79. The number of benzene rings is 1. The minimum atomic E-state index is -0.917. The van der Waals surface area contributed by atoms with Crippen molar-refractivity contribution in [2.75, 3.05) is 0 Å². The number of rotatable bonds is 1. The quantitative estimate of drug-likeness (QED) is 0.505. The first-order valence-electron chi connectivity index (χ1n) is 5.77. The molecule has 19 heavy (non-hydrogen) atoms. The predicted molar refractivity (Wildman–Crippen MR) is 69.9 cm³/mol.